The van der Waals surface area contributed by atoms with Crippen LogP contribution in [-0.4, -0.2) is 30.4 Å². The predicted molar refractivity (Wildman–Crippen MR) is 59.9 cm³/mol. The molecule has 0 rings (SSSR count). The number of hydrogen-bond acceptors (Lipinski definition) is 2. The second-order valence-electron chi connectivity index (χ2n) is 4.27. The minimum absolute atomic E-state index is 0.0116. The molecule has 0 saturated heterocycles. The SMILES string of the molecule is CC(C)=CCN(C)C(=O)C(N)C(C)C. The molecule has 0 radical (unpaired) electrons. The summed E-state index contributed by atoms with van der Waals surface area (Å²) in [6.45, 7) is 8.58. The molecule has 0 fully saturated rings. The maximum absolute atomic E-state index is 11.7. The number of nitrogens with two attached hydrogens (primary N) is 1. The van der Waals surface area contributed by atoms with Gasteiger partial charge < -0.3 is 10.6 Å². The monoisotopic (exact) mass is 198 g/mol. The minimum atomic E-state index is -0.384. The summed E-state index contributed by atoms with van der Waals surface area (Å²) < 4.78 is 0. The number of rotatable bonds is 4. The molecule has 1 amide bonds. The van der Waals surface area contributed by atoms with E-state index in [2.05, 4.69) is 0 Å². The number of amides is 1. The normalized spacial score (nSPS) is 12.5. The highest BCUT2D eigenvalue weighted by molar-refractivity contribution is 5.81. The van der Waals surface area contributed by atoms with Crippen LogP contribution in [0.15, 0.2) is 11.6 Å². The lowest BCUT2D eigenvalue weighted by molar-refractivity contribution is -0.131. The quantitative estimate of drug-likeness (QED) is 0.694. The van der Waals surface area contributed by atoms with Gasteiger partial charge in [-0.25, -0.2) is 0 Å². The Kier molecular flexibility index (Phi) is 5.46. The Morgan fingerprint density at radius 1 is 1.43 bits per heavy atom. The molecular weight excluding hydrogens is 176 g/mol. The Morgan fingerprint density at radius 2 is 1.93 bits per heavy atom. The van der Waals surface area contributed by atoms with Crippen molar-refractivity contribution < 1.29 is 4.79 Å². The van der Waals surface area contributed by atoms with E-state index in [9.17, 15) is 4.79 Å². The number of nitrogens with zero attached hydrogens (tertiary/aromatic N) is 1. The molecule has 0 aromatic carbocycles. The van der Waals surface area contributed by atoms with Gasteiger partial charge in [-0.3, -0.25) is 4.79 Å². The first-order valence-electron chi connectivity index (χ1n) is 5.00. The molecule has 0 aliphatic carbocycles. The van der Waals surface area contributed by atoms with Crippen LogP contribution in [0.2, 0.25) is 0 Å². The second kappa shape index (κ2) is 5.81. The van der Waals surface area contributed by atoms with Gasteiger partial charge in [-0.15, -0.1) is 0 Å². The van der Waals surface area contributed by atoms with E-state index in [4.69, 9.17) is 5.73 Å². The third kappa shape index (κ3) is 4.42. The van der Waals surface area contributed by atoms with Crippen LogP contribution in [-0.2, 0) is 4.79 Å². The first-order chi connectivity index (χ1) is 6.36. The largest absolute Gasteiger partial charge is 0.341 e. The molecule has 0 aromatic heterocycles. The molecule has 0 aliphatic rings. The lowest BCUT2D eigenvalue weighted by atomic mass is 10.0. The van der Waals surface area contributed by atoms with Crippen molar-refractivity contribution in [3.05, 3.63) is 11.6 Å². The summed E-state index contributed by atoms with van der Waals surface area (Å²) in [6, 6.07) is -0.384. The third-order valence-electron chi connectivity index (χ3n) is 2.15. The van der Waals surface area contributed by atoms with Gasteiger partial charge in [-0.2, -0.15) is 0 Å². The summed E-state index contributed by atoms with van der Waals surface area (Å²) in [5, 5.41) is 0. The Morgan fingerprint density at radius 3 is 2.29 bits per heavy atom. The van der Waals surface area contributed by atoms with Crippen LogP contribution in [0.4, 0.5) is 0 Å². The summed E-state index contributed by atoms with van der Waals surface area (Å²) in [7, 11) is 1.78. The predicted octanol–water partition coefficient (Wildman–Crippen LogP) is 1.39. The molecule has 1 unspecified atom stereocenters. The molecule has 0 aliphatic heterocycles. The van der Waals surface area contributed by atoms with Crippen molar-refractivity contribution in [2.45, 2.75) is 33.7 Å². The highest BCUT2D eigenvalue weighted by Gasteiger charge is 2.19. The number of likely N-dealkylation sites (N-methyl/N-ethyl adjacent to an activating group) is 1. The topological polar surface area (TPSA) is 46.3 Å². The van der Waals surface area contributed by atoms with Crippen LogP contribution < -0.4 is 5.73 Å². The Hall–Kier alpha value is -0.830. The van der Waals surface area contributed by atoms with Crippen LogP contribution in [0.5, 0.6) is 0 Å². The van der Waals surface area contributed by atoms with Crippen molar-refractivity contribution in [2.75, 3.05) is 13.6 Å². The Balaban J connectivity index is 4.19. The fourth-order valence-electron chi connectivity index (χ4n) is 0.949. The summed E-state index contributed by atoms with van der Waals surface area (Å²) in [5.74, 6) is 0.203. The van der Waals surface area contributed by atoms with E-state index in [1.54, 1.807) is 11.9 Å². The summed E-state index contributed by atoms with van der Waals surface area (Å²) in [6.07, 6.45) is 2.02. The molecular formula is C11H22N2O. The van der Waals surface area contributed by atoms with Gasteiger partial charge in [-0.05, 0) is 19.8 Å². The Bertz CT molecular complexity index is 217. The van der Waals surface area contributed by atoms with Gasteiger partial charge >= 0.3 is 0 Å². The number of allylic oxidation sites excluding steroid dienone is 1. The van der Waals surface area contributed by atoms with Gasteiger partial charge in [0.15, 0.2) is 0 Å². The van der Waals surface area contributed by atoms with Crippen molar-refractivity contribution in [2.24, 2.45) is 11.7 Å². The average Bonchev–Trinajstić information content (AvgIpc) is 2.11. The van der Waals surface area contributed by atoms with E-state index in [1.807, 2.05) is 33.8 Å². The van der Waals surface area contributed by atoms with E-state index in [0.29, 0.717) is 6.54 Å². The molecule has 14 heavy (non-hydrogen) atoms. The molecule has 0 spiro atoms. The molecule has 0 aromatic rings. The highest BCUT2D eigenvalue weighted by Crippen LogP contribution is 2.02. The van der Waals surface area contributed by atoms with Crippen molar-refractivity contribution in [3.8, 4) is 0 Å². The zero-order valence-corrected chi connectivity index (χ0v) is 9.87. The first kappa shape index (κ1) is 13.2. The van der Waals surface area contributed by atoms with Crippen LogP contribution in [0.25, 0.3) is 0 Å². The maximum atomic E-state index is 11.7. The van der Waals surface area contributed by atoms with Crippen LogP contribution in [0.1, 0.15) is 27.7 Å². The summed E-state index contributed by atoms with van der Waals surface area (Å²) in [5.41, 5.74) is 6.97. The zero-order valence-electron chi connectivity index (χ0n) is 9.87. The van der Waals surface area contributed by atoms with E-state index in [-0.39, 0.29) is 17.9 Å². The smallest absolute Gasteiger partial charge is 0.239 e. The van der Waals surface area contributed by atoms with E-state index in [0.717, 1.165) is 0 Å². The first-order valence-corrected chi connectivity index (χ1v) is 5.00. The van der Waals surface area contributed by atoms with E-state index < -0.39 is 0 Å². The maximum Gasteiger partial charge on any atom is 0.239 e. The molecule has 0 heterocycles. The van der Waals surface area contributed by atoms with Crippen molar-refractivity contribution in [1.29, 1.82) is 0 Å². The Labute approximate surface area is 87.0 Å². The second-order valence-corrected chi connectivity index (χ2v) is 4.27. The average molecular weight is 198 g/mol. The highest BCUT2D eigenvalue weighted by atomic mass is 16.2. The fourth-order valence-corrected chi connectivity index (χ4v) is 0.949. The van der Waals surface area contributed by atoms with Crippen LogP contribution in [0.3, 0.4) is 0 Å². The zero-order chi connectivity index (χ0) is 11.3. The number of hydrogen-bond donors (Lipinski definition) is 1. The molecule has 82 valence electrons. The van der Waals surface area contributed by atoms with Crippen molar-refractivity contribution >= 4 is 5.91 Å². The van der Waals surface area contributed by atoms with Gasteiger partial charge in [0.25, 0.3) is 0 Å². The van der Waals surface area contributed by atoms with Crippen LogP contribution >= 0.6 is 0 Å². The van der Waals surface area contributed by atoms with Gasteiger partial charge in [0.1, 0.15) is 0 Å². The summed E-state index contributed by atoms with van der Waals surface area (Å²) >= 11 is 0. The number of carbonyl (C=O) groups excluding carboxylic acids is 1. The molecule has 3 heteroatoms. The molecule has 0 saturated carbocycles. The molecule has 2 N–H and O–H groups in total. The van der Waals surface area contributed by atoms with Gasteiger partial charge in [0, 0.05) is 13.6 Å². The van der Waals surface area contributed by atoms with E-state index >= 15 is 0 Å². The fraction of sp³-hybridized carbons (Fsp3) is 0.727. The van der Waals surface area contributed by atoms with Crippen molar-refractivity contribution in [3.63, 3.8) is 0 Å². The van der Waals surface area contributed by atoms with Crippen LogP contribution in [0, 0.1) is 5.92 Å². The number of carbonyl (C=O) groups is 1. The third-order valence-corrected chi connectivity index (χ3v) is 2.15. The van der Waals surface area contributed by atoms with Gasteiger partial charge in [0.05, 0.1) is 6.04 Å². The van der Waals surface area contributed by atoms with Gasteiger partial charge in [-0.1, -0.05) is 25.5 Å². The lowest BCUT2D eigenvalue weighted by Crippen LogP contribution is -2.44. The van der Waals surface area contributed by atoms with Crippen molar-refractivity contribution in [1.82, 2.24) is 4.90 Å². The summed E-state index contributed by atoms with van der Waals surface area (Å²) in [4.78, 5) is 13.3. The van der Waals surface area contributed by atoms with E-state index in [1.165, 1.54) is 5.57 Å². The minimum Gasteiger partial charge on any atom is -0.341 e. The van der Waals surface area contributed by atoms with Gasteiger partial charge in [0.2, 0.25) is 5.91 Å². The molecule has 3 nitrogen and oxygen atoms in total. The standard InChI is InChI=1S/C11H22N2O/c1-8(2)6-7-13(5)11(14)10(12)9(3)4/h6,9-10H,7,12H2,1-5H3. The molecule has 0 bridgehead atoms. The molecule has 1 atom stereocenters. The lowest BCUT2D eigenvalue weighted by Gasteiger charge is -2.22.